The van der Waals surface area contributed by atoms with Gasteiger partial charge in [-0.1, -0.05) is 49.0 Å². The normalized spacial score (nSPS) is 21.5. The third kappa shape index (κ3) is 3.11. The number of thioether (sulfide) groups is 1. The number of aromatic nitrogens is 1. The van der Waals surface area contributed by atoms with Gasteiger partial charge in [0, 0.05) is 6.20 Å². The molecular formula is C18H18N2S. The van der Waals surface area contributed by atoms with E-state index >= 15 is 0 Å². The van der Waals surface area contributed by atoms with Gasteiger partial charge in [0.05, 0.1) is 16.3 Å². The second kappa shape index (κ2) is 6.32. The Balaban J connectivity index is 1.74. The minimum Gasteiger partial charge on any atom is -0.250 e. The van der Waals surface area contributed by atoms with E-state index in [1.165, 1.54) is 11.1 Å². The van der Waals surface area contributed by atoms with E-state index in [1.54, 1.807) is 18.0 Å². The van der Waals surface area contributed by atoms with Gasteiger partial charge in [-0.15, -0.1) is 0 Å². The molecule has 1 aromatic carbocycles. The van der Waals surface area contributed by atoms with Gasteiger partial charge in [-0.2, -0.15) is 5.26 Å². The van der Waals surface area contributed by atoms with Crippen molar-refractivity contribution in [3.05, 3.63) is 59.8 Å². The van der Waals surface area contributed by atoms with E-state index in [0.29, 0.717) is 11.8 Å². The van der Waals surface area contributed by atoms with E-state index in [9.17, 15) is 5.26 Å². The number of hydrogen-bond donors (Lipinski definition) is 0. The molecule has 0 saturated carbocycles. The van der Waals surface area contributed by atoms with Crippen molar-refractivity contribution in [2.45, 2.75) is 36.0 Å². The van der Waals surface area contributed by atoms with Crippen molar-refractivity contribution in [3.8, 4) is 6.07 Å². The molecule has 2 nitrogen and oxygen atoms in total. The van der Waals surface area contributed by atoms with Gasteiger partial charge in [0.1, 0.15) is 0 Å². The molecule has 1 aromatic heterocycles. The molecule has 3 heteroatoms. The monoisotopic (exact) mass is 294 g/mol. The second-order valence-electron chi connectivity index (χ2n) is 5.63. The molecule has 0 bridgehead atoms. The summed E-state index contributed by atoms with van der Waals surface area (Å²) in [6.07, 6.45) is 3.81. The van der Waals surface area contributed by atoms with Gasteiger partial charge in [0.25, 0.3) is 0 Å². The Bertz CT molecular complexity index is 648. The van der Waals surface area contributed by atoms with Crippen LogP contribution in [0.15, 0.2) is 53.7 Å². The Kier molecular flexibility index (Phi) is 4.26. The summed E-state index contributed by atoms with van der Waals surface area (Å²) in [5.74, 6) is 1.10. The number of nitrogens with zero attached hydrogens (tertiary/aromatic N) is 2. The van der Waals surface area contributed by atoms with Gasteiger partial charge in [0.15, 0.2) is 0 Å². The predicted octanol–water partition coefficient (Wildman–Crippen LogP) is 4.43. The molecule has 21 heavy (non-hydrogen) atoms. The Morgan fingerprint density at radius 3 is 2.86 bits per heavy atom. The van der Waals surface area contributed by atoms with Crippen LogP contribution < -0.4 is 0 Å². The Morgan fingerprint density at radius 2 is 2.10 bits per heavy atom. The number of nitriles is 1. The number of rotatable bonds is 4. The number of benzene rings is 1. The van der Waals surface area contributed by atoms with E-state index in [4.69, 9.17) is 0 Å². The van der Waals surface area contributed by atoms with Gasteiger partial charge in [-0.25, -0.2) is 4.98 Å². The standard InChI is InChI=1S/C18H18N2S/c1-13-10-14-6-2-3-7-16(14)17(13)11-15(12-19)21-18-8-4-5-9-20-18/h2-9,13,15,17H,10-11H2,1H3/t13-,15?,17+/m0/s1. The largest absolute Gasteiger partial charge is 0.250 e. The fourth-order valence-corrected chi connectivity index (χ4v) is 4.08. The maximum Gasteiger partial charge on any atom is 0.0984 e. The Hall–Kier alpha value is -1.79. The maximum atomic E-state index is 9.48. The first-order chi connectivity index (χ1) is 10.3. The van der Waals surface area contributed by atoms with Crippen LogP contribution in [0.25, 0.3) is 0 Å². The van der Waals surface area contributed by atoms with Crippen LogP contribution in [0.4, 0.5) is 0 Å². The summed E-state index contributed by atoms with van der Waals surface area (Å²) in [5, 5.41) is 10.4. The number of fused-ring (bicyclic) bond motifs is 1. The summed E-state index contributed by atoms with van der Waals surface area (Å²) in [6.45, 7) is 2.30. The minimum absolute atomic E-state index is 0.0430. The van der Waals surface area contributed by atoms with E-state index in [0.717, 1.165) is 17.9 Å². The fourth-order valence-electron chi connectivity index (χ4n) is 3.16. The topological polar surface area (TPSA) is 36.7 Å². The van der Waals surface area contributed by atoms with E-state index in [-0.39, 0.29) is 5.25 Å². The van der Waals surface area contributed by atoms with Crippen molar-refractivity contribution in [1.82, 2.24) is 4.98 Å². The van der Waals surface area contributed by atoms with Crippen molar-refractivity contribution in [3.63, 3.8) is 0 Å². The highest BCUT2D eigenvalue weighted by Gasteiger charge is 2.31. The SMILES string of the molecule is C[C@H]1Cc2ccccc2[C@@H]1CC(C#N)Sc1ccccn1. The first-order valence-corrected chi connectivity index (χ1v) is 8.21. The zero-order valence-corrected chi connectivity index (χ0v) is 12.9. The van der Waals surface area contributed by atoms with Crippen molar-refractivity contribution >= 4 is 11.8 Å². The lowest BCUT2D eigenvalue weighted by Crippen LogP contribution is -2.11. The number of pyridine rings is 1. The molecule has 0 amide bonds. The summed E-state index contributed by atoms with van der Waals surface area (Å²) in [4.78, 5) is 4.32. The molecule has 3 atom stereocenters. The van der Waals surface area contributed by atoms with Crippen LogP contribution in [0.3, 0.4) is 0 Å². The van der Waals surface area contributed by atoms with Crippen molar-refractivity contribution in [1.29, 1.82) is 5.26 Å². The molecule has 0 N–H and O–H groups in total. The smallest absolute Gasteiger partial charge is 0.0984 e. The summed E-state index contributed by atoms with van der Waals surface area (Å²) in [6, 6.07) is 17.0. The molecule has 0 saturated heterocycles. The van der Waals surface area contributed by atoms with Gasteiger partial charge in [0.2, 0.25) is 0 Å². The molecule has 0 fully saturated rings. The molecule has 3 rings (SSSR count). The molecule has 1 unspecified atom stereocenters. The molecular weight excluding hydrogens is 276 g/mol. The highest BCUT2D eigenvalue weighted by molar-refractivity contribution is 8.00. The first kappa shape index (κ1) is 14.2. The average molecular weight is 294 g/mol. The molecule has 0 spiro atoms. The second-order valence-corrected chi connectivity index (χ2v) is 6.85. The quantitative estimate of drug-likeness (QED) is 0.783. The molecule has 0 radical (unpaired) electrons. The lowest BCUT2D eigenvalue weighted by molar-refractivity contribution is 0.478. The van der Waals surface area contributed by atoms with Crippen LogP contribution >= 0.6 is 11.8 Å². The fraction of sp³-hybridized carbons (Fsp3) is 0.333. The highest BCUT2D eigenvalue weighted by atomic mass is 32.2. The molecule has 1 heterocycles. The highest BCUT2D eigenvalue weighted by Crippen LogP contribution is 2.42. The van der Waals surface area contributed by atoms with Gasteiger partial charge in [-0.3, -0.25) is 0 Å². The van der Waals surface area contributed by atoms with Crippen LogP contribution in [0.1, 0.15) is 30.4 Å². The van der Waals surface area contributed by atoms with Crippen molar-refractivity contribution < 1.29 is 0 Å². The van der Waals surface area contributed by atoms with Crippen LogP contribution in [0.5, 0.6) is 0 Å². The van der Waals surface area contributed by atoms with Crippen LogP contribution in [0, 0.1) is 17.2 Å². The molecule has 1 aliphatic carbocycles. The first-order valence-electron chi connectivity index (χ1n) is 7.33. The van der Waals surface area contributed by atoms with Gasteiger partial charge >= 0.3 is 0 Å². The zero-order valence-electron chi connectivity index (χ0n) is 12.1. The third-order valence-corrected chi connectivity index (χ3v) is 5.26. The Morgan fingerprint density at radius 1 is 1.29 bits per heavy atom. The van der Waals surface area contributed by atoms with Crippen molar-refractivity contribution in [2.24, 2.45) is 5.92 Å². The molecule has 0 aliphatic heterocycles. The molecule has 1 aliphatic rings. The van der Waals surface area contributed by atoms with Gasteiger partial charge in [-0.05, 0) is 47.9 Å². The summed E-state index contributed by atoms with van der Waals surface area (Å²) < 4.78 is 0. The summed E-state index contributed by atoms with van der Waals surface area (Å²) in [5.41, 5.74) is 2.89. The number of hydrogen-bond acceptors (Lipinski definition) is 3. The lowest BCUT2D eigenvalue weighted by Gasteiger charge is -2.19. The summed E-state index contributed by atoms with van der Waals surface area (Å²) in [7, 11) is 0. The molecule has 2 aromatic rings. The van der Waals surface area contributed by atoms with E-state index in [2.05, 4.69) is 42.2 Å². The van der Waals surface area contributed by atoms with Crippen LogP contribution in [-0.2, 0) is 6.42 Å². The predicted molar refractivity (Wildman–Crippen MR) is 86.2 cm³/mol. The zero-order chi connectivity index (χ0) is 14.7. The van der Waals surface area contributed by atoms with Crippen molar-refractivity contribution in [2.75, 3.05) is 0 Å². The van der Waals surface area contributed by atoms with Crippen LogP contribution in [-0.4, -0.2) is 10.2 Å². The molecule has 106 valence electrons. The Labute approximate surface area is 130 Å². The van der Waals surface area contributed by atoms with Gasteiger partial charge < -0.3 is 0 Å². The van der Waals surface area contributed by atoms with Crippen LogP contribution in [0.2, 0.25) is 0 Å². The van der Waals surface area contributed by atoms with E-state index < -0.39 is 0 Å². The third-order valence-electron chi connectivity index (χ3n) is 4.20. The summed E-state index contributed by atoms with van der Waals surface area (Å²) >= 11 is 1.58. The minimum atomic E-state index is -0.0430. The average Bonchev–Trinajstić information content (AvgIpc) is 2.83. The maximum absolute atomic E-state index is 9.48. The van der Waals surface area contributed by atoms with E-state index in [1.807, 2.05) is 18.2 Å². The lowest BCUT2D eigenvalue weighted by atomic mass is 9.90.